The molecule has 1 saturated heterocycles. The summed E-state index contributed by atoms with van der Waals surface area (Å²) in [4.78, 5) is 23.2. The number of hydrogen-bond acceptors (Lipinski definition) is 7. The van der Waals surface area contributed by atoms with Crippen molar-refractivity contribution in [2.75, 3.05) is 13.2 Å². The van der Waals surface area contributed by atoms with Gasteiger partial charge < -0.3 is 24.1 Å². The van der Waals surface area contributed by atoms with E-state index in [1.807, 2.05) is 13.8 Å². The van der Waals surface area contributed by atoms with Gasteiger partial charge >= 0.3 is 11.9 Å². The van der Waals surface area contributed by atoms with Gasteiger partial charge in [-0.2, -0.15) is 0 Å². The Kier molecular flexibility index (Phi) is 12.6. The lowest BCUT2D eigenvalue weighted by Crippen LogP contribution is -2.33. The number of carbonyl (C=O) groups is 2. The van der Waals surface area contributed by atoms with E-state index in [9.17, 15) is 14.7 Å². The molecule has 1 aliphatic carbocycles. The quantitative estimate of drug-likeness (QED) is 0.303. The molecule has 0 aromatic heterocycles. The molecule has 1 aliphatic heterocycles. The molecular weight excluding hydrogens is 412 g/mol. The average Bonchev–Trinajstić information content (AvgIpc) is 3.05. The van der Waals surface area contributed by atoms with Crippen molar-refractivity contribution in [3.63, 3.8) is 0 Å². The van der Waals surface area contributed by atoms with Crippen molar-refractivity contribution in [3.8, 4) is 0 Å². The van der Waals surface area contributed by atoms with Crippen molar-refractivity contribution in [2.24, 2.45) is 11.8 Å². The van der Waals surface area contributed by atoms with E-state index in [0.29, 0.717) is 12.8 Å². The summed E-state index contributed by atoms with van der Waals surface area (Å²) in [5, 5.41) is 10.1. The van der Waals surface area contributed by atoms with Gasteiger partial charge in [0, 0.05) is 44.8 Å². The van der Waals surface area contributed by atoms with Crippen LogP contribution in [0.25, 0.3) is 0 Å². The predicted molar refractivity (Wildman–Crippen MR) is 121 cm³/mol. The Balaban J connectivity index is 1.71. The number of carbonyl (C=O) groups excluding carboxylic acids is 2. The molecule has 32 heavy (non-hydrogen) atoms. The lowest BCUT2D eigenvalue weighted by molar-refractivity contribution is -0.198. The minimum absolute atomic E-state index is 0.0307. The van der Waals surface area contributed by atoms with Crippen LogP contribution >= 0.6 is 0 Å². The fourth-order valence-electron chi connectivity index (χ4n) is 4.98. The topological polar surface area (TPSA) is 91.3 Å². The maximum Gasteiger partial charge on any atom is 0.306 e. The van der Waals surface area contributed by atoms with E-state index in [4.69, 9.17) is 18.9 Å². The Hall–Kier alpha value is -1.18. The van der Waals surface area contributed by atoms with Crippen LogP contribution in [-0.4, -0.2) is 54.9 Å². The van der Waals surface area contributed by atoms with E-state index in [1.54, 1.807) is 0 Å². The third-order valence-electron chi connectivity index (χ3n) is 6.50. The highest BCUT2D eigenvalue weighted by atomic mass is 16.7. The molecule has 0 bridgehead atoms. The van der Waals surface area contributed by atoms with Crippen molar-refractivity contribution in [1.29, 1.82) is 0 Å². The molecule has 2 aliphatic rings. The molecule has 1 saturated carbocycles. The summed E-state index contributed by atoms with van der Waals surface area (Å²) in [6.45, 7) is 5.94. The average molecular weight is 457 g/mol. The first-order valence-electron chi connectivity index (χ1n) is 12.6. The Morgan fingerprint density at radius 3 is 2.34 bits per heavy atom. The van der Waals surface area contributed by atoms with Crippen LogP contribution in [0.3, 0.4) is 0 Å². The standard InChI is InChI=1S/C25H44O7/c1-18(2)30-24(28)13-9-7-5-4-6-8-12-20-21(17-26)23(16-22(20)31-19(3)27)32-25-14-10-11-15-29-25/h18,20-23,25-26H,4-17H2,1-3H3. The summed E-state index contributed by atoms with van der Waals surface area (Å²) in [5.41, 5.74) is 0. The molecule has 7 heteroatoms. The Bertz CT molecular complexity index is 544. The molecule has 0 radical (unpaired) electrons. The summed E-state index contributed by atoms with van der Waals surface area (Å²) >= 11 is 0. The zero-order valence-corrected chi connectivity index (χ0v) is 20.3. The monoisotopic (exact) mass is 456 g/mol. The second-order valence-corrected chi connectivity index (χ2v) is 9.56. The molecule has 0 spiro atoms. The largest absolute Gasteiger partial charge is 0.463 e. The lowest BCUT2D eigenvalue weighted by Gasteiger charge is -2.29. The zero-order valence-electron chi connectivity index (χ0n) is 20.3. The number of esters is 2. The third kappa shape index (κ3) is 9.75. The van der Waals surface area contributed by atoms with Crippen molar-refractivity contribution >= 4 is 11.9 Å². The van der Waals surface area contributed by atoms with Gasteiger partial charge in [0.25, 0.3) is 0 Å². The van der Waals surface area contributed by atoms with Gasteiger partial charge in [-0.3, -0.25) is 9.59 Å². The number of aliphatic hydroxyl groups excluding tert-OH is 1. The predicted octanol–water partition coefficient (Wildman–Crippen LogP) is 4.53. The van der Waals surface area contributed by atoms with Crippen molar-refractivity contribution < 1.29 is 33.6 Å². The summed E-state index contributed by atoms with van der Waals surface area (Å²) in [6.07, 6.45) is 10.7. The summed E-state index contributed by atoms with van der Waals surface area (Å²) in [6, 6.07) is 0. The number of ether oxygens (including phenoxy) is 4. The van der Waals surface area contributed by atoms with E-state index < -0.39 is 0 Å². The molecule has 2 rings (SSSR count). The molecule has 1 heterocycles. The van der Waals surface area contributed by atoms with E-state index in [0.717, 1.165) is 70.8 Å². The van der Waals surface area contributed by atoms with Gasteiger partial charge in [0.15, 0.2) is 6.29 Å². The van der Waals surface area contributed by atoms with Crippen LogP contribution in [0.4, 0.5) is 0 Å². The maximum absolute atomic E-state index is 11.6. The van der Waals surface area contributed by atoms with Crippen LogP contribution in [0.2, 0.25) is 0 Å². The SMILES string of the molecule is CC(=O)OC1CC(OC2CCCCO2)C(CO)C1CCCCCCCCC(=O)OC(C)C. The normalized spacial score (nSPS) is 28.1. The van der Waals surface area contributed by atoms with Gasteiger partial charge in [0.2, 0.25) is 0 Å². The van der Waals surface area contributed by atoms with Crippen LogP contribution in [0, 0.1) is 11.8 Å². The number of rotatable bonds is 14. The molecular formula is C25H44O7. The molecule has 0 aromatic carbocycles. The van der Waals surface area contributed by atoms with Crippen molar-refractivity contribution in [2.45, 2.75) is 122 Å². The van der Waals surface area contributed by atoms with Crippen molar-refractivity contribution in [3.05, 3.63) is 0 Å². The summed E-state index contributed by atoms with van der Waals surface area (Å²) in [7, 11) is 0. The van der Waals surface area contributed by atoms with Gasteiger partial charge in [-0.25, -0.2) is 0 Å². The maximum atomic E-state index is 11.6. The van der Waals surface area contributed by atoms with Gasteiger partial charge in [0.1, 0.15) is 6.10 Å². The highest BCUT2D eigenvalue weighted by Gasteiger charge is 2.45. The number of hydrogen-bond donors (Lipinski definition) is 1. The Morgan fingerprint density at radius 2 is 1.72 bits per heavy atom. The summed E-state index contributed by atoms with van der Waals surface area (Å²) in [5.74, 6) is -0.300. The first kappa shape index (κ1) is 27.1. The van der Waals surface area contributed by atoms with Gasteiger partial charge in [0.05, 0.1) is 12.2 Å². The van der Waals surface area contributed by atoms with Gasteiger partial charge in [-0.15, -0.1) is 0 Å². The molecule has 5 unspecified atom stereocenters. The molecule has 1 N–H and O–H groups in total. The fourth-order valence-corrected chi connectivity index (χ4v) is 4.98. The number of aliphatic hydroxyl groups is 1. The molecule has 7 nitrogen and oxygen atoms in total. The minimum Gasteiger partial charge on any atom is -0.463 e. The van der Waals surface area contributed by atoms with Gasteiger partial charge in [-0.05, 0) is 46.0 Å². The second kappa shape index (κ2) is 14.9. The highest BCUT2D eigenvalue weighted by molar-refractivity contribution is 5.69. The first-order valence-corrected chi connectivity index (χ1v) is 12.6. The molecule has 0 amide bonds. The van der Waals surface area contributed by atoms with E-state index in [2.05, 4.69) is 0 Å². The Labute approximate surface area is 193 Å². The van der Waals surface area contributed by atoms with Crippen LogP contribution < -0.4 is 0 Å². The molecule has 2 fully saturated rings. The van der Waals surface area contributed by atoms with E-state index in [1.165, 1.54) is 6.92 Å². The van der Waals surface area contributed by atoms with Crippen LogP contribution in [0.15, 0.2) is 0 Å². The molecule has 186 valence electrons. The van der Waals surface area contributed by atoms with E-state index in [-0.39, 0.29) is 55.0 Å². The second-order valence-electron chi connectivity index (χ2n) is 9.56. The van der Waals surface area contributed by atoms with E-state index >= 15 is 0 Å². The Morgan fingerprint density at radius 1 is 1.00 bits per heavy atom. The van der Waals surface area contributed by atoms with Crippen LogP contribution in [0.1, 0.15) is 97.8 Å². The first-order chi connectivity index (χ1) is 15.4. The fraction of sp³-hybridized carbons (Fsp3) is 0.920. The summed E-state index contributed by atoms with van der Waals surface area (Å²) < 4.78 is 22.7. The van der Waals surface area contributed by atoms with Crippen LogP contribution in [-0.2, 0) is 28.5 Å². The highest BCUT2D eigenvalue weighted by Crippen LogP contribution is 2.40. The smallest absolute Gasteiger partial charge is 0.306 e. The zero-order chi connectivity index (χ0) is 23.3. The minimum atomic E-state index is -0.276. The molecule has 5 atom stereocenters. The molecule has 0 aromatic rings. The number of unbranched alkanes of at least 4 members (excludes halogenated alkanes) is 5. The lowest BCUT2D eigenvalue weighted by atomic mass is 9.89. The van der Waals surface area contributed by atoms with Crippen LogP contribution in [0.5, 0.6) is 0 Å². The third-order valence-corrected chi connectivity index (χ3v) is 6.50. The van der Waals surface area contributed by atoms with Gasteiger partial charge in [-0.1, -0.05) is 32.1 Å². The van der Waals surface area contributed by atoms with Crippen molar-refractivity contribution in [1.82, 2.24) is 0 Å².